The maximum absolute atomic E-state index is 2.45. The third-order valence-corrected chi connectivity index (χ3v) is 10.2. The standard InChI is InChI=1S/C47H35N/c1-47(2)45-30-35(44-29-34-15-9-10-18-39(34)40-19-11-12-20-41(40)44)23-27-42(45)43-28-26-38(31-46(43)47)48(36-16-7-4-8-17-36)37-24-21-33(22-25-37)32-13-5-3-6-14-32/h3-31H,1-2H3. The maximum atomic E-state index is 2.45. The topological polar surface area (TPSA) is 3.24 Å². The van der Waals surface area contributed by atoms with Gasteiger partial charge in [0.25, 0.3) is 0 Å². The quantitative estimate of drug-likeness (QED) is 0.175. The molecule has 0 heterocycles. The van der Waals surface area contributed by atoms with Crippen molar-refractivity contribution in [2.45, 2.75) is 19.3 Å². The number of hydrogen-bond donors (Lipinski definition) is 0. The van der Waals surface area contributed by atoms with Crippen LogP contribution in [-0.2, 0) is 5.41 Å². The van der Waals surface area contributed by atoms with Crippen LogP contribution in [0, 0.1) is 0 Å². The Morgan fingerprint density at radius 1 is 0.354 bits per heavy atom. The number of nitrogens with zero attached hydrogens (tertiary/aromatic N) is 1. The Morgan fingerprint density at radius 3 is 1.62 bits per heavy atom. The zero-order valence-electron chi connectivity index (χ0n) is 27.2. The molecule has 0 saturated heterocycles. The molecule has 0 saturated carbocycles. The summed E-state index contributed by atoms with van der Waals surface area (Å²) in [4.78, 5) is 2.38. The van der Waals surface area contributed by atoms with Gasteiger partial charge in [-0.25, -0.2) is 0 Å². The Morgan fingerprint density at radius 2 is 0.875 bits per heavy atom. The lowest BCUT2D eigenvalue weighted by atomic mass is 9.81. The monoisotopic (exact) mass is 613 g/mol. The Kier molecular flexibility index (Phi) is 6.55. The summed E-state index contributed by atoms with van der Waals surface area (Å²) >= 11 is 0. The van der Waals surface area contributed by atoms with Crippen LogP contribution in [0.4, 0.5) is 17.1 Å². The van der Waals surface area contributed by atoms with Gasteiger partial charge in [-0.15, -0.1) is 0 Å². The molecule has 0 spiro atoms. The van der Waals surface area contributed by atoms with Crippen molar-refractivity contribution in [1.29, 1.82) is 0 Å². The van der Waals surface area contributed by atoms with E-state index in [1.54, 1.807) is 0 Å². The van der Waals surface area contributed by atoms with Crippen LogP contribution in [0.15, 0.2) is 176 Å². The highest BCUT2D eigenvalue weighted by molar-refractivity contribution is 6.13. The molecule has 1 aliphatic carbocycles. The molecule has 0 aliphatic heterocycles. The molecule has 8 aromatic carbocycles. The van der Waals surface area contributed by atoms with E-state index < -0.39 is 0 Å². The lowest BCUT2D eigenvalue weighted by molar-refractivity contribution is 0.660. The van der Waals surface area contributed by atoms with Crippen molar-refractivity contribution in [1.82, 2.24) is 0 Å². The molecule has 0 fully saturated rings. The number of fused-ring (bicyclic) bond motifs is 6. The van der Waals surface area contributed by atoms with Crippen molar-refractivity contribution in [3.63, 3.8) is 0 Å². The smallest absolute Gasteiger partial charge is 0.0465 e. The minimum atomic E-state index is -0.164. The molecule has 0 N–H and O–H groups in total. The normalized spacial score (nSPS) is 13.0. The van der Waals surface area contributed by atoms with Crippen LogP contribution < -0.4 is 4.90 Å². The second-order valence-electron chi connectivity index (χ2n) is 13.4. The van der Waals surface area contributed by atoms with Gasteiger partial charge in [-0.2, -0.15) is 0 Å². The molecule has 0 unspecified atom stereocenters. The van der Waals surface area contributed by atoms with Crippen LogP contribution in [0.2, 0.25) is 0 Å². The highest BCUT2D eigenvalue weighted by Crippen LogP contribution is 2.52. The van der Waals surface area contributed by atoms with E-state index in [1.165, 1.54) is 66.1 Å². The van der Waals surface area contributed by atoms with Gasteiger partial charge >= 0.3 is 0 Å². The predicted molar refractivity (Wildman–Crippen MR) is 205 cm³/mol. The predicted octanol–water partition coefficient (Wildman–Crippen LogP) is 13.1. The average molecular weight is 614 g/mol. The largest absolute Gasteiger partial charge is 0.310 e. The molecule has 8 aromatic rings. The van der Waals surface area contributed by atoms with Crippen molar-refractivity contribution in [3.8, 4) is 33.4 Å². The number of benzene rings is 8. The Labute approximate surface area is 282 Å². The van der Waals surface area contributed by atoms with E-state index in [4.69, 9.17) is 0 Å². The molecule has 0 bridgehead atoms. The first kappa shape index (κ1) is 28.3. The van der Waals surface area contributed by atoms with Gasteiger partial charge in [0.1, 0.15) is 0 Å². The summed E-state index contributed by atoms with van der Waals surface area (Å²) in [6.07, 6.45) is 0. The zero-order valence-corrected chi connectivity index (χ0v) is 27.2. The third kappa shape index (κ3) is 4.54. The molecule has 0 aromatic heterocycles. The van der Waals surface area contributed by atoms with E-state index >= 15 is 0 Å². The minimum absolute atomic E-state index is 0.164. The molecule has 1 heteroatoms. The molecule has 9 rings (SSSR count). The Bertz CT molecular complexity index is 2460. The summed E-state index contributed by atoms with van der Waals surface area (Å²) < 4.78 is 0. The van der Waals surface area contributed by atoms with Gasteiger partial charge in [-0.05, 0) is 115 Å². The number of hydrogen-bond acceptors (Lipinski definition) is 1. The van der Waals surface area contributed by atoms with Crippen LogP contribution in [0.5, 0.6) is 0 Å². The van der Waals surface area contributed by atoms with Crippen molar-refractivity contribution in [2.75, 3.05) is 4.90 Å². The van der Waals surface area contributed by atoms with Gasteiger partial charge in [0.2, 0.25) is 0 Å². The first-order valence-corrected chi connectivity index (χ1v) is 16.8. The van der Waals surface area contributed by atoms with Gasteiger partial charge in [0.05, 0.1) is 0 Å². The molecule has 1 nitrogen and oxygen atoms in total. The van der Waals surface area contributed by atoms with Gasteiger partial charge < -0.3 is 4.90 Å². The van der Waals surface area contributed by atoms with E-state index in [-0.39, 0.29) is 5.41 Å². The summed E-state index contributed by atoms with van der Waals surface area (Å²) in [6.45, 7) is 4.76. The average Bonchev–Trinajstić information content (AvgIpc) is 3.37. The lowest BCUT2D eigenvalue weighted by Crippen LogP contribution is -2.16. The minimum Gasteiger partial charge on any atom is -0.310 e. The molecule has 0 radical (unpaired) electrons. The number of rotatable bonds is 5. The fourth-order valence-corrected chi connectivity index (χ4v) is 7.78. The van der Waals surface area contributed by atoms with Gasteiger partial charge in [-0.3, -0.25) is 0 Å². The lowest BCUT2D eigenvalue weighted by Gasteiger charge is -2.28. The van der Waals surface area contributed by atoms with Crippen LogP contribution in [0.3, 0.4) is 0 Å². The van der Waals surface area contributed by atoms with Crippen molar-refractivity contribution in [3.05, 3.63) is 187 Å². The molecule has 0 atom stereocenters. The van der Waals surface area contributed by atoms with E-state index in [9.17, 15) is 0 Å². The van der Waals surface area contributed by atoms with E-state index in [0.29, 0.717) is 0 Å². The maximum Gasteiger partial charge on any atom is 0.0465 e. The Balaban J connectivity index is 1.14. The van der Waals surface area contributed by atoms with Gasteiger partial charge in [-0.1, -0.05) is 141 Å². The van der Waals surface area contributed by atoms with Crippen LogP contribution in [-0.4, -0.2) is 0 Å². The SMILES string of the molecule is CC1(C)c2cc(-c3cc4ccccc4c4ccccc34)ccc2-c2ccc(N(c3ccccc3)c3ccc(-c4ccccc4)cc3)cc21. The number of para-hydroxylation sites is 1. The summed E-state index contributed by atoms with van der Waals surface area (Å²) in [5.41, 5.74) is 13.7. The van der Waals surface area contributed by atoms with Crippen molar-refractivity contribution < 1.29 is 0 Å². The molecular formula is C47H35N. The van der Waals surface area contributed by atoms with E-state index in [1.807, 2.05) is 0 Å². The highest BCUT2D eigenvalue weighted by Gasteiger charge is 2.36. The van der Waals surface area contributed by atoms with Crippen molar-refractivity contribution in [2.24, 2.45) is 0 Å². The first-order valence-electron chi connectivity index (χ1n) is 16.8. The first-order chi connectivity index (χ1) is 23.6. The summed E-state index contributed by atoms with van der Waals surface area (Å²) in [7, 11) is 0. The Hall–Kier alpha value is -5.92. The molecular weight excluding hydrogens is 579 g/mol. The summed E-state index contributed by atoms with van der Waals surface area (Å²) in [5, 5.41) is 5.17. The third-order valence-electron chi connectivity index (χ3n) is 10.2. The van der Waals surface area contributed by atoms with Crippen molar-refractivity contribution >= 4 is 38.6 Å². The molecule has 228 valence electrons. The fraction of sp³-hybridized carbons (Fsp3) is 0.0638. The van der Waals surface area contributed by atoms with Gasteiger partial charge in [0, 0.05) is 22.5 Å². The number of anilines is 3. The highest BCUT2D eigenvalue weighted by atomic mass is 15.1. The summed E-state index contributed by atoms with van der Waals surface area (Å²) in [6, 6.07) is 64.3. The second-order valence-corrected chi connectivity index (χ2v) is 13.4. The molecule has 1 aliphatic rings. The second kappa shape index (κ2) is 11.1. The van der Waals surface area contributed by atoms with Gasteiger partial charge in [0.15, 0.2) is 0 Å². The van der Waals surface area contributed by atoms with Crippen LogP contribution in [0.1, 0.15) is 25.0 Å². The molecule has 0 amide bonds. The summed E-state index contributed by atoms with van der Waals surface area (Å²) in [5.74, 6) is 0. The van der Waals surface area contributed by atoms with Crippen LogP contribution >= 0.6 is 0 Å². The molecule has 48 heavy (non-hydrogen) atoms. The fourth-order valence-electron chi connectivity index (χ4n) is 7.78. The van der Waals surface area contributed by atoms with Crippen LogP contribution in [0.25, 0.3) is 54.9 Å². The van der Waals surface area contributed by atoms with E-state index in [2.05, 4.69) is 195 Å². The van der Waals surface area contributed by atoms with E-state index in [0.717, 1.165) is 17.1 Å². The zero-order chi connectivity index (χ0) is 32.2.